The van der Waals surface area contributed by atoms with Gasteiger partial charge in [-0.15, -0.1) is 0 Å². The highest BCUT2D eigenvalue weighted by Gasteiger charge is 2.35. The molecule has 110 valence electrons. The molecule has 0 fully saturated rings. The molecule has 0 aromatic heterocycles. The van der Waals surface area contributed by atoms with Gasteiger partial charge in [-0.2, -0.15) is 11.8 Å². The Morgan fingerprint density at radius 2 is 1.72 bits per heavy atom. The topological polar surface area (TPSA) is 3.24 Å². The van der Waals surface area contributed by atoms with Gasteiger partial charge in [0.05, 0.1) is 0 Å². The molecule has 0 radical (unpaired) electrons. The fraction of sp³-hybridized carbons (Fsp3) is 1.00. The van der Waals surface area contributed by atoms with E-state index in [9.17, 15) is 0 Å². The lowest BCUT2D eigenvalue weighted by atomic mass is 9.92. The first kappa shape index (κ1) is 18.3. The van der Waals surface area contributed by atoms with Crippen LogP contribution in [-0.2, 0) is 0 Å². The normalized spacial score (nSPS) is 18.7. The van der Waals surface area contributed by atoms with E-state index in [0.29, 0.717) is 10.8 Å². The van der Waals surface area contributed by atoms with Crippen LogP contribution in [0.25, 0.3) is 0 Å². The fourth-order valence-electron chi connectivity index (χ4n) is 3.06. The van der Waals surface area contributed by atoms with Gasteiger partial charge in [0.2, 0.25) is 0 Å². The predicted molar refractivity (Wildman–Crippen MR) is 87.7 cm³/mol. The summed E-state index contributed by atoms with van der Waals surface area (Å²) < 4.78 is 0.392. The van der Waals surface area contributed by atoms with Crippen LogP contribution in [0.1, 0.15) is 73.1 Å². The molecule has 0 saturated heterocycles. The molecule has 0 saturated carbocycles. The maximum absolute atomic E-state index is 2.68. The summed E-state index contributed by atoms with van der Waals surface area (Å²) in [6, 6.07) is 1.45. The average Bonchev–Trinajstić information content (AvgIpc) is 2.40. The predicted octanol–water partition coefficient (Wildman–Crippen LogP) is 5.20. The molecular weight excluding hydrogens is 238 g/mol. The Balaban J connectivity index is 4.80. The van der Waals surface area contributed by atoms with Crippen LogP contribution in [0.2, 0.25) is 0 Å². The molecule has 0 bridgehead atoms. The van der Waals surface area contributed by atoms with E-state index in [2.05, 4.69) is 52.8 Å². The molecule has 0 spiro atoms. The summed E-state index contributed by atoms with van der Waals surface area (Å²) in [5.74, 6) is 0. The number of rotatable bonds is 10. The third-order valence-corrected chi connectivity index (χ3v) is 6.18. The van der Waals surface area contributed by atoms with E-state index in [0.717, 1.165) is 6.04 Å². The molecule has 0 aromatic carbocycles. The number of nitrogens with zero attached hydrogens (tertiary/aromatic N) is 1. The zero-order chi connectivity index (χ0) is 14.2. The van der Waals surface area contributed by atoms with Gasteiger partial charge in [-0.25, -0.2) is 0 Å². The van der Waals surface area contributed by atoms with Crippen LogP contribution >= 0.6 is 11.8 Å². The highest BCUT2D eigenvalue weighted by molar-refractivity contribution is 8.00. The van der Waals surface area contributed by atoms with Gasteiger partial charge >= 0.3 is 0 Å². The minimum atomic E-state index is 0.392. The van der Waals surface area contributed by atoms with Gasteiger partial charge in [0.15, 0.2) is 0 Å². The molecule has 0 aliphatic carbocycles. The maximum Gasteiger partial charge on any atom is 0.0281 e. The number of unbranched alkanes of at least 4 members (excludes halogenated alkanes) is 1. The van der Waals surface area contributed by atoms with Crippen LogP contribution in [-0.4, -0.2) is 35.0 Å². The van der Waals surface area contributed by atoms with Gasteiger partial charge < -0.3 is 0 Å². The Kier molecular flexibility index (Phi) is 9.41. The number of thioether (sulfide) groups is 1. The summed E-state index contributed by atoms with van der Waals surface area (Å²) in [5, 5.41) is 0. The van der Waals surface area contributed by atoms with Crippen LogP contribution in [0.4, 0.5) is 0 Å². The van der Waals surface area contributed by atoms with Crippen molar-refractivity contribution in [2.24, 2.45) is 0 Å². The van der Waals surface area contributed by atoms with E-state index in [-0.39, 0.29) is 0 Å². The lowest BCUT2D eigenvalue weighted by Crippen LogP contribution is -2.50. The maximum atomic E-state index is 2.68. The minimum Gasteiger partial charge on any atom is -0.299 e. The minimum absolute atomic E-state index is 0.392. The highest BCUT2D eigenvalue weighted by atomic mass is 32.2. The van der Waals surface area contributed by atoms with Crippen molar-refractivity contribution in [1.29, 1.82) is 0 Å². The Morgan fingerprint density at radius 1 is 1.11 bits per heavy atom. The first-order chi connectivity index (χ1) is 8.50. The smallest absolute Gasteiger partial charge is 0.0281 e. The third-order valence-electron chi connectivity index (χ3n) is 4.69. The van der Waals surface area contributed by atoms with Gasteiger partial charge in [-0.1, -0.05) is 40.5 Å². The first-order valence-electron chi connectivity index (χ1n) is 7.77. The van der Waals surface area contributed by atoms with Crippen molar-refractivity contribution in [2.45, 2.75) is 90.0 Å². The van der Waals surface area contributed by atoms with Crippen molar-refractivity contribution < 1.29 is 0 Å². The lowest BCUT2D eigenvalue weighted by Gasteiger charge is -2.44. The molecule has 1 nitrogen and oxygen atoms in total. The van der Waals surface area contributed by atoms with E-state index >= 15 is 0 Å². The molecule has 0 aliphatic heterocycles. The van der Waals surface area contributed by atoms with Crippen LogP contribution < -0.4 is 0 Å². The SMILES string of the molecule is CCCCC(CC)N(C)C(CC)C(C)(CC)SC. The lowest BCUT2D eigenvalue weighted by molar-refractivity contribution is 0.125. The molecule has 0 aliphatic rings. The van der Waals surface area contributed by atoms with Crippen LogP contribution in [0, 0.1) is 0 Å². The van der Waals surface area contributed by atoms with Crippen molar-refractivity contribution in [3.05, 3.63) is 0 Å². The van der Waals surface area contributed by atoms with Gasteiger partial charge in [0, 0.05) is 16.8 Å². The summed E-state index contributed by atoms with van der Waals surface area (Å²) in [5.41, 5.74) is 0. The van der Waals surface area contributed by atoms with Gasteiger partial charge in [-0.3, -0.25) is 4.90 Å². The van der Waals surface area contributed by atoms with Crippen molar-refractivity contribution in [3.8, 4) is 0 Å². The molecular formula is C16H35NS. The summed E-state index contributed by atoms with van der Waals surface area (Å²) >= 11 is 2.04. The van der Waals surface area contributed by atoms with Crippen molar-refractivity contribution in [3.63, 3.8) is 0 Å². The molecule has 2 heteroatoms. The summed E-state index contributed by atoms with van der Waals surface area (Å²) in [4.78, 5) is 2.68. The molecule has 0 heterocycles. The monoisotopic (exact) mass is 273 g/mol. The molecule has 18 heavy (non-hydrogen) atoms. The molecule has 0 aromatic rings. The zero-order valence-electron chi connectivity index (χ0n) is 13.8. The molecule has 3 atom stereocenters. The van der Waals surface area contributed by atoms with Gasteiger partial charge in [0.1, 0.15) is 0 Å². The van der Waals surface area contributed by atoms with Crippen LogP contribution in [0.5, 0.6) is 0 Å². The molecule has 0 N–H and O–H groups in total. The summed E-state index contributed by atoms with van der Waals surface area (Å²) in [7, 11) is 2.35. The van der Waals surface area contributed by atoms with E-state index in [4.69, 9.17) is 0 Å². The standard InChI is InChI=1S/C16H35NS/c1-8-12-13-14(9-2)17(6)15(10-3)16(5,11-4)18-7/h14-15H,8-13H2,1-7H3. The Hall–Kier alpha value is 0.310. The second kappa shape index (κ2) is 9.25. The van der Waals surface area contributed by atoms with Crippen molar-refractivity contribution in [1.82, 2.24) is 4.90 Å². The van der Waals surface area contributed by atoms with Gasteiger partial charge in [-0.05, 0) is 45.9 Å². The average molecular weight is 274 g/mol. The fourth-order valence-corrected chi connectivity index (χ4v) is 3.95. The van der Waals surface area contributed by atoms with E-state index in [1.54, 1.807) is 0 Å². The van der Waals surface area contributed by atoms with Crippen LogP contribution in [0.3, 0.4) is 0 Å². The Bertz CT molecular complexity index is 201. The number of hydrogen-bond acceptors (Lipinski definition) is 2. The van der Waals surface area contributed by atoms with Crippen LogP contribution in [0.15, 0.2) is 0 Å². The highest BCUT2D eigenvalue weighted by Crippen LogP contribution is 2.35. The third kappa shape index (κ3) is 4.77. The summed E-state index contributed by atoms with van der Waals surface area (Å²) in [6.07, 6.45) is 10.1. The van der Waals surface area contributed by atoms with Crippen molar-refractivity contribution >= 4 is 11.8 Å². The van der Waals surface area contributed by atoms with E-state index < -0.39 is 0 Å². The number of hydrogen-bond donors (Lipinski definition) is 0. The van der Waals surface area contributed by atoms with E-state index in [1.165, 1.54) is 38.5 Å². The van der Waals surface area contributed by atoms with Crippen molar-refractivity contribution in [2.75, 3.05) is 13.3 Å². The summed E-state index contributed by atoms with van der Waals surface area (Å²) in [6.45, 7) is 11.8. The zero-order valence-corrected chi connectivity index (χ0v) is 14.6. The molecule has 0 amide bonds. The molecule has 0 rings (SSSR count). The quantitative estimate of drug-likeness (QED) is 0.538. The largest absolute Gasteiger partial charge is 0.299 e. The van der Waals surface area contributed by atoms with E-state index in [1.807, 2.05) is 11.8 Å². The Labute approximate surface area is 120 Å². The second-order valence-electron chi connectivity index (χ2n) is 5.66. The second-order valence-corrected chi connectivity index (χ2v) is 7.01. The first-order valence-corrected chi connectivity index (χ1v) is 9.00. The Morgan fingerprint density at radius 3 is 2.06 bits per heavy atom. The van der Waals surface area contributed by atoms with Gasteiger partial charge in [0.25, 0.3) is 0 Å². The molecule has 3 unspecified atom stereocenters.